The van der Waals surface area contributed by atoms with Crippen molar-refractivity contribution in [2.75, 3.05) is 46.1 Å². The predicted molar refractivity (Wildman–Crippen MR) is 167 cm³/mol. The molecule has 1 saturated carbocycles. The van der Waals surface area contributed by atoms with Crippen LogP contribution in [0.4, 0.5) is 0 Å². The first-order valence-corrected chi connectivity index (χ1v) is 19.4. The smallest absolute Gasteiger partial charge is 0.306 e. The molecule has 43 heavy (non-hydrogen) atoms. The first-order chi connectivity index (χ1) is 20.7. The Hall–Kier alpha value is -2.48. The second-order valence-corrected chi connectivity index (χ2v) is 17.0. The third kappa shape index (κ3) is 10.6. The molecule has 1 heterocycles. The lowest BCUT2D eigenvalue weighted by Gasteiger charge is -2.22. The number of rotatable bonds is 22. The maximum Gasteiger partial charge on any atom is 0.306 e. The summed E-state index contributed by atoms with van der Waals surface area (Å²) in [4.78, 5) is 53.5. The molecule has 0 aromatic carbocycles. The van der Waals surface area contributed by atoms with Gasteiger partial charge in [-0.15, -0.1) is 6.42 Å². The summed E-state index contributed by atoms with van der Waals surface area (Å²) in [6.07, 6.45) is 17.1. The zero-order valence-electron chi connectivity index (χ0n) is 26.5. The molecule has 0 N–H and O–H groups in total. The van der Waals surface area contributed by atoms with Crippen molar-refractivity contribution < 1.29 is 33.1 Å². The monoisotopic (exact) mass is 616 g/mol. The van der Waals surface area contributed by atoms with E-state index in [9.17, 15) is 19.2 Å². The van der Waals surface area contributed by atoms with E-state index in [0.29, 0.717) is 26.3 Å². The van der Waals surface area contributed by atoms with Gasteiger partial charge in [0.25, 0.3) is 0 Å². The number of carbonyl (C=O) groups is 4. The fraction of sp³-hybridized carbons (Fsp3) is 0.758. The van der Waals surface area contributed by atoms with Crippen LogP contribution < -0.4 is 0 Å². The number of hydrogen-bond acceptors (Lipinski definition) is 7. The van der Waals surface area contributed by atoms with Gasteiger partial charge in [0.2, 0.25) is 17.7 Å². The average molecular weight is 617 g/mol. The molecule has 9 nitrogen and oxygen atoms in total. The molecular weight excluding hydrogens is 564 g/mol. The number of imide groups is 1. The summed E-state index contributed by atoms with van der Waals surface area (Å²) in [5.41, 5.74) is 0. The summed E-state index contributed by atoms with van der Waals surface area (Å²) in [5.74, 6) is 2.16. The zero-order valence-corrected chi connectivity index (χ0v) is 27.5. The van der Waals surface area contributed by atoms with Gasteiger partial charge in [0, 0.05) is 32.7 Å². The quantitative estimate of drug-likeness (QED) is 0.0439. The van der Waals surface area contributed by atoms with E-state index in [1.807, 2.05) is 0 Å². The number of unbranched alkanes of at least 4 members (excludes halogenated alkanes) is 4. The van der Waals surface area contributed by atoms with E-state index in [4.69, 9.17) is 20.3 Å². The van der Waals surface area contributed by atoms with E-state index in [1.165, 1.54) is 4.90 Å². The van der Waals surface area contributed by atoms with E-state index in [0.717, 1.165) is 64.0 Å². The van der Waals surface area contributed by atoms with Crippen LogP contribution in [0, 0.1) is 36.0 Å². The Kier molecular flexibility index (Phi) is 14.4. The molecule has 10 heteroatoms. The second-order valence-electron chi connectivity index (χ2n) is 12.7. The molecule has 0 aromatic heterocycles. The summed E-state index contributed by atoms with van der Waals surface area (Å²) in [5, 5.41) is 0. The lowest BCUT2D eigenvalue weighted by atomic mass is 9.85. The van der Waals surface area contributed by atoms with Crippen LogP contribution in [0.5, 0.6) is 0 Å². The highest BCUT2D eigenvalue weighted by Gasteiger charge is 2.58. The summed E-state index contributed by atoms with van der Waals surface area (Å²) < 4.78 is 16.8. The van der Waals surface area contributed by atoms with E-state index < -0.39 is 14.3 Å². The van der Waals surface area contributed by atoms with Crippen molar-refractivity contribution in [1.82, 2.24) is 9.80 Å². The highest BCUT2D eigenvalue weighted by atomic mass is 28.4. The first-order valence-electron chi connectivity index (χ1n) is 16.3. The maximum absolute atomic E-state index is 12.8. The number of hydrogen-bond donors (Lipinski definition) is 0. The van der Waals surface area contributed by atoms with Gasteiger partial charge in [0.05, 0.1) is 31.4 Å². The first kappa shape index (κ1) is 35.0. The molecule has 3 aliphatic rings. The standard InChI is InChI=1S/C33H52N2O7Si/c1-5-7-21-42-43(3,4)24-12-20-40-22-23-41-29(37)16-15-28(36)34(17-6-2)18-10-8-9-11-19-35-32(38)30-26-13-14-27(25-26)31(30)33(35)39/h2,13-14,26-27,30-31H,5,7-12,15-25H2,1,3-4H3/t26-,27+,30+,31-. The van der Waals surface area contributed by atoms with Crippen molar-refractivity contribution in [1.29, 1.82) is 0 Å². The van der Waals surface area contributed by atoms with Gasteiger partial charge in [0.15, 0.2) is 8.32 Å². The van der Waals surface area contributed by atoms with Crippen LogP contribution in [0.3, 0.4) is 0 Å². The molecule has 2 bridgehead atoms. The Labute approximate surface area is 259 Å². The number of carbonyl (C=O) groups excluding carboxylic acids is 4. The summed E-state index contributed by atoms with van der Waals surface area (Å²) >= 11 is 0. The zero-order chi connectivity index (χ0) is 31.2. The molecule has 2 aliphatic carbocycles. The number of allylic oxidation sites excluding steroid dienone is 2. The van der Waals surface area contributed by atoms with Gasteiger partial charge in [-0.3, -0.25) is 24.1 Å². The van der Waals surface area contributed by atoms with Gasteiger partial charge in [-0.05, 0) is 63.1 Å². The van der Waals surface area contributed by atoms with Crippen LogP contribution in [0.25, 0.3) is 0 Å². The van der Waals surface area contributed by atoms with Crippen LogP contribution in [-0.2, 0) is 33.1 Å². The van der Waals surface area contributed by atoms with Gasteiger partial charge < -0.3 is 18.8 Å². The van der Waals surface area contributed by atoms with Gasteiger partial charge in [-0.2, -0.15) is 0 Å². The van der Waals surface area contributed by atoms with Gasteiger partial charge >= 0.3 is 5.97 Å². The number of ether oxygens (including phenoxy) is 2. The average Bonchev–Trinajstić information content (AvgIpc) is 3.66. The molecule has 0 aromatic rings. The predicted octanol–water partition coefficient (Wildman–Crippen LogP) is 4.57. The topological polar surface area (TPSA) is 102 Å². The minimum atomic E-state index is -1.63. The molecule has 4 atom stereocenters. The van der Waals surface area contributed by atoms with Crippen molar-refractivity contribution >= 4 is 32.0 Å². The van der Waals surface area contributed by atoms with E-state index in [-0.39, 0.29) is 67.4 Å². The molecule has 2 fully saturated rings. The number of terminal acetylenes is 1. The molecule has 0 unspecified atom stereocenters. The Morgan fingerprint density at radius 3 is 2.33 bits per heavy atom. The Bertz CT molecular complexity index is 993. The Balaban J connectivity index is 1.20. The summed E-state index contributed by atoms with van der Waals surface area (Å²) in [6.45, 7) is 9.74. The molecule has 1 aliphatic heterocycles. The van der Waals surface area contributed by atoms with Crippen molar-refractivity contribution in [3.8, 4) is 12.3 Å². The van der Waals surface area contributed by atoms with Crippen molar-refractivity contribution in [2.24, 2.45) is 23.7 Å². The normalized spacial score (nSPS) is 22.2. The molecule has 1 saturated heterocycles. The lowest BCUT2D eigenvalue weighted by Crippen LogP contribution is -2.34. The van der Waals surface area contributed by atoms with Crippen LogP contribution in [-0.4, -0.2) is 87.9 Å². The Morgan fingerprint density at radius 1 is 0.953 bits per heavy atom. The molecule has 0 radical (unpaired) electrons. The molecule has 3 amide bonds. The molecule has 0 spiro atoms. The number of likely N-dealkylation sites (tertiary alicyclic amines) is 1. The van der Waals surface area contributed by atoms with E-state index in [1.54, 1.807) is 4.90 Å². The van der Waals surface area contributed by atoms with E-state index >= 15 is 0 Å². The fourth-order valence-electron chi connectivity index (χ4n) is 6.43. The molecular formula is C33H52N2O7Si. The van der Waals surface area contributed by atoms with Crippen LogP contribution in [0.15, 0.2) is 12.2 Å². The van der Waals surface area contributed by atoms with Crippen molar-refractivity contribution in [3.05, 3.63) is 12.2 Å². The molecule has 3 rings (SSSR count). The Morgan fingerprint density at radius 2 is 1.65 bits per heavy atom. The SMILES string of the molecule is C#CCN(CCCCCCN1C(=O)[C@@H]2[C@H](C1=O)[C@H]1C=C[C@@H]2C1)C(=O)CCC(=O)OCCOCCC[Si](C)(C)OCCCC. The minimum absolute atomic E-state index is 0.00586. The largest absolute Gasteiger partial charge is 0.463 e. The van der Waals surface area contributed by atoms with Crippen molar-refractivity contribution in [2.45, 2.75) is 90.3 Å². The minimum Gasteiger partial charge on any atom is -0.463 e. The van der Waals surface area contributed by atoms with Gasteiger partial charge in [0.1, 0.15) is 6.61 Å². The van der Waals surface area contributed by atoms with Gasteiger partial charge in [-0.1, -0.05) is 44.3 Å². The fourth-order valence-corrected chi connectivity index (χ4v) is 8.27. The highest BCUT2D eigenvalue weighted by molar-refractivity contribution is 6.71. The van der Waals surface area contributed by atoms with Crippen LogP contribution >= 0.6 is 0 Å². The number of fused-ring (bicyclic) bond motifs is 5. The van der Waals surface area contributed by atoms with Crippen LogP contribution in [0.1, 0.15) is 71.1 Å². The third-order valence-corrected chi connectivity index (χ3v) is 11.4. The highest BCUT2D eigenvalue weighted by Crippen LogP contribution is 2.52. The number of nitrogens with zero attached hydrogens (tertiary/aromatic N) is 2. The van der Waals surface area contributed by atoms with E-state index in [2.05, 4.69) is 38.1 Å². The van der Waals surface area contributed by atoms with Gasteiger partial charge in [-0.25, -0.2) is 0 Å². The summed E-state index contributed by atoms with van der Waals surface area (Å²) in [6, 6.07) is 1.03. The lowest BCUT2D eigenvalue weighted by molar-refractivity contribution is -0.147. The van der Waals surface area contributed by atoms with Crippen LogP contribution in [0.2, 0.25) is 19.1 Å². The summed E-state index contributed by atoms with van der Waals surface area (Å²) in [7, 11) is -1.63. The molecule has 240 valence electrons. The third-order valence-electron chi connectivity index (χ3n) is 8.85. The maximum atomic E-state index is 12.8. The van der Waals surface area contributed by atoms with Crippen molar-refractivity contribution in [3.63, 3.8) is 0 Å². The number of esters is 1. The number of amides is 3. The second kappa shape index (κ2) is 17.7.